The van der Waals surface area contributed by atoms with Gasteiger partial charge in [-0.05, 0) is 37.6 Å². The van der Waals surface area contributed by atoms with Crippen molar-refractivity contribution in [3.8, 4) is 0 Å². The lowest BCUT2D eigenvalue weighted by Crippen LogP contribution is -2.27. The molecule has 1 aromatic carbocycles. The number of rotatable bonds is 3. The summed E-state index contributed by atoms with van der Waals surface area (Å²) in [5, 5.41) is 0. The predicted octanol–water partition coefficient (Wildman–Crippen LogP) is 4.45. The molecule has 126 valence electrons. The fraction of sp³-hybridized carbons (Fsp3) is 0.368. The van der Waals surface area contributed by atoms with Gasteiger partial charge in [-0.1, -0.05) is 56.0 Å². The minimum Gasteiger partial charge on any atom is -0.344 e. The molecule has 1 amide bonds. The molecule has 1 saturated heterocycles. The molecule has 0 unspecified atom stereocenters. The molecular weight excluding hydrogens is 336 g/mol. The van der Waals surface area contributed by atoms with Crippen LogP contribution >= 0.6 is 24.0 Å². The quantitative estimate of drug-likeness (QED) is 0.588. The third kappa shape index (κ3) is 2.60. The topological polar surface area (TPSA) is 23.6 Å². The standard InChI is InChI=1S/C19H22N2OS2/c1-5-20-14-10-8-7-9-13(14)19(3,4)16(20)12-11-15-17(22)21(6-2)18(23)24-15/h7-12H,5-6H2,1-4H3. The lowest BCUT2D eigenvalue weighted by molar-refractivity contribution is -0.122. The smallest absolute Gasteiger partial charge is 0.266 e. The van der Waals surface area contributed by atoms with E-state index in [9.17, 15) is 4.79 Å². The molecule has 5 heteroatoms. The number of allylic oxidation sites excluding steroid dienone is 3. The van der Waals surface area contributed by atoms with Crippen molar-refractivity contribution in [3.05, 3.63) is 52.6 Å². The van der Waals surface area contributed by atoms with Crippen LogP contribution in [0.5, 0.6) is 0 Å². The summed E-state index contributed by atoms with van der Waals surface area (Å²) in [5.74, 6) is 0.0146. The van der Waals surface area contributed by atoms with Crippen LogP contribution in [0.15, 0.2) is 47.0 Å². The van der Waals surface area contributed by atoms with E-state index in [1.54, 1.807) is 4.90 Å². The van der Waals surface area contributed by atoms with E-state index in [1.807, 2.05) is 13.0 Å². The number of amides is 1. The summed E-state index contributed by atoms with van der Waals surface area (Å²) in [4.78, 5) is 17.1. The average molecular weight is 359 g/mol. The van der Waals surface area contributed by atoms with Crippen molar-refractivity contribution in [2.75, 3.05) is 18.0 Å². The minimum absolute atomic E-state index is 0.0146. The molecule has 0 saturated carbocycles. The zero-order chi connectivity index (χ0) is 17.5. The normalized spacial score (nSPS) is 22.8. The van der Waals surface area contributed by atoms with Gasteiger partial charge in [0.1, 0.15) is 4.32 Å². The zero-order valence-corrected chi connectivity index (χ0v) is 16.1. The Labute approximate surface area is 153 Å². The van der Waals surface area contributed by atoms with Gasteiger partial charge in [0.15, 0.2) is 0 Å². The highest BCUT2D eigenvalue weighted by molar-refractivity contribution is 8.26. The van der Waals surface area contributed by atoms with Crippen LogP contribution in [0.3, 0.4) is 0 Å². The van der Waals surface area contributed by atoms with Crippen LogP contribution in [0.1, 0.15) is 33.3 Å². The molecule has 0 radical (unpaired) electrons. The first kappa shape index (κ1) is 17.2. The van der Waals surface area contributed by atoms with Crippen molar-refractivity contribution >= 4 is 39.9 Å². The molecule has 2 aliphatic rings. The molecule has 3 rings (SSSR count). The van der Waals surface area contributed by atoms with E-state index in [4.69, 9.17) is 12.2 Å². The van der Waals surface area contributed by atoms with Gasteiger partial charge in [0.25, 0.3) is 5.91 Å². The Morgan fingerprint density at radius 3 is 2.42 bits per heavy atom. The molecule has 1 aromatic rings. The molecule has 0 spiro atoms. The zero-order valence-electron chi connectivity index (χ0n) is 14.5. The molecular formula is C19H22N2OS2. The van der Waals surface area contributed by atoms with Crippen LogP contribution < -0.4 is 4.90 Å². The van der Waals surface area contributed by atoms with Crippen LogP contribution in [-0.4, -0.2) is 28.2 Å². The molecule has 24 heavy (non-hydrogen) atoms. The number of benzene rings is 1. The van der Waals surface area contributed by atoms with Crippen molar-refractivity contribution in [2.24, 2.45) is 0 Å². The van der Waals surface area contributed by atoms with Gasteiger partial charge in [-0.3, -0.25) is 9.69 Å². The first-order valence-corrected chi connectivity index (χ1v) is 9.47. The van der Waals surface area contributed by atoms with Crippen molar-refractivity contribution in [2.45, 2.75) is 33.1 Å². The van der Waals surface area contributed by atoms with Gasteiger partial charge < -0.3 is 4.90 Å². The van der Waals surface area contributed by atoms with E-state index in [-0.39, 0.29) is 11.3 Å². The maximum atomic E-state index is 12.4. The van der Waals surface area contributed by atoms with E-state index >= 15 is 0 Å². The highest BCUT2D eigenvalue weighted by Gasteiger charge is 2.39. The van der Waals surface area contributed by atoms with Gasteiger partial charge in [0.2, 0.25) is 0 Å². The maximum absolute atomic E-state index is 12.4. The Hall–Kier alpha value is -1.59. The first-order chi connectivity index (χ1) is 11.4. The number of nitrogens with zero attached hydrogens (tertiary/aromatic N) is 2. The van der Waals surface area contributed by atoms with Crippen LogP contribution in [0.2, 0.25) is 0 Å². The van der Waals surface area contributed by atoms with Crippen LogP contribution in [0.4, 0.5) is 5.69 Å². The summed E-state index contributed by atoms with van der Waals surface area (Å²) < 4.78 is 0.647. The number of carbonyl (C=O) groups is 1. The maximum Gasteiger partial charge on any atom is 0.266 e. The summed E-state index contributed by atoms with van der Waals surface area (Å²) >= 11 is 6.68. The van der Waals surface area contributed by atoms with Gasteiger partial charge in [-0.25, -0.2) is 0 Å². The van der Waals surface area contributed by atoms with Crippen LogP contribution in [0.25, 0.3) is 0 Å². The lowest BCUT2D eigenvalue weighted by Gasteiger charge is -2.25. The van der Waals surface area contributed by atoms with Gasteiger partial charge in [-0.2, -0.15) is 0 Å². The molecule has 0 N–H and O–H groups in total. The van der Waals surface area contributed by atoms with E-state index in [0.717, 1.165) is 6.54 Å². The fourth-order valence-corrected chi connectivity index (χ4v) is 4.75. The van der Waals surface area contributed by atoms with Crippen molar-refractivity contribution in [3.63, 3.8) is 0 Å². The van der Waals surface area contributed by atoms with Crippen LogP contribution in [0, 0.1) is 0 Å². The number of carbonyl (C=O) groups excluding carboxylic acids is 1. The summed E-state index contributed by atoms with van der Waals surface area (Å²) in [6.45, 7) is 10.1. The molecule has 2 aliphatic heterocycles. The van der Waals surface area contributed by atoms with Gasteiger partial charge in [-0.15, -0.1) is 0 Å². The van der Waals surface area contributed by atoms with E-state index < -0.39 is 0 Å². The van der Waals surface area contributed by atoms with Gasteiger partial charge in [0.05, 0.1) is 4.91 Å². The van der Waals surface area contributed by atoms with Crippen molar-refractivity contribution in [1.29, 1.82) is 0 Å². The second-order valence-electron chi connectivity index (χ2n) is 6.39. The number of thiocarbonyl (C=S) groups is 1. The van der Waals surface area contributed by atoms with Gasteiger partial charge >= 0.3 is 0 Å². The van der Waals surface area contributed by atoms with E-state index in [1.165, 1.54) is 28.7 Å². The second-order valence-corrected chi connectivity index (χ2v) is 8.06. The molecule has 0 atom stereocenters. The number of thioether (sulfide) groups is 1. The highest BCUT2D eigenvalue weighted by atomic mass is 32.2. The molecule has 0 aromatic heterocycles. The molecule has 1 fully saturated rings. The molecule has 3 nitrogen and oxygen atoms in total. The highest BCUT2D eigenvalue weighted by Crippen LogP contribution is 2.47. The number of hydrogen-bond acceptors (Lipinski definition) is 4. The number of anilines is 1. The Morgan fingerprint density at radius 2 is 1.79 bits per heavy atom. The summed E-state index contributed by atoms with van der Waals surface area (Å²) in [7, 11) is 0. The third-order valence-corrected chi connectivity index (χ3v) is 6.09. The Morgan fingerprint density at radius 1 is 1.12 bits per heavy atom. The molecule has 2 heterocycles. The molecule has 0 bridgehead atoms. The monoisotopic (exact) mass is 358 g/mol. The summed E-state index contributed by atoms with van der Waals surface area (Å²) in [6.07, 6.45) is 4.02. The predicted molar refractivity (Wildman–Crippen MR) is 106 cm³/mol. The number of likely N-dealkylation sites (N-methyl/N-ethyl adjacent to an activating group) is 2. The van der Waals surface area contributed by atoms with Crippen molar-refractivity contribution < 1.29 is 4.79 Å². The summed E-state index contributed by atoms with van der Waals surface area (Å²) in [5.41, 5.74) is 3.72. The Bertz CT molecular complexity index is 764. The average Bonchev–Trinajstić information content (AvgIpc) is 2.96. The fourth-order valence-electron chi connectivity index (χ4n) is 3.42. The van der Waals surface area contributed by atoms with Crippen molar-refractivity contribution in [1.82, 2.24) is 4.90 Å². The minimum atomic E-state index is -0.0824. The lowest BCUT2D eigenvalue weighted by atomic mass is 9.84. The second kappa shape index (κ2) is 6.37. The number of para-hydroxylation sites is 1. The Kier molecular flexibility index (Phi) is 4.58. The van der Waals surface area contributed by atoms with Crippen LogP contribution in [-0.2, 0) is 10.2 Å². The number of fused-ring (bicyclic) bond motifs is 1. The third-order valence-electron chi connectivity index (χ3n) is 4.70. The number of hydrogen-bond donors (Lipinski definition) is 0. The Balaban J connectivity index is 2.00. The van der Waals surface area contributed by atoms with E-state index in [2.05, 4.69) is 56.0 Å². The summed E-state index contributed by atoms with van der Waals surface area (Å²) in [6, 6.07) is 8.52. The first-order valence-electron chi connectivity index (χ1n) is 8.25. The SMILES string of the molecule is CCN1C(=O)C(=CC=C2N(CC)c3ccccc3C2(C)C)SC1=S. The largest absolute Gasteiger partial charge is 0.344 e. The van der Waals surface area contributed by atoms with E-state index in [0.29, 0.717) is 15.8 Å². The van der Waals surface area contributed by atoms with Gasteiger partial charge in [0, 0.05) is 29.9 Å². The molecule has 0 aliphatic carbocycles.